The summed E-state index contributed by atoms with van der Waals surface area (Å²) in [4.78, 5) is 14.0. The van der Waals surface area contributed by atoms with Gasteiger partial charge in [-0.2, -0.15) is 0 Å². The molecular weight excluding hydrogens is 302 g/mol. The molecule has 0 saturated heterocycles. The predicted molar refractivity (Wildman–Crippen MR) is 82.0 cm³/mol. The van der Waals surface area contributed by atoms with Gasteiger partial charge in [0, 0.05) is 4.32 Å². The van der Waals surface area contributed by atoms with Crippen LogP contribution >= 0.6 is 15.9 Å². The van der Waals surface area contributed by atoms with Crippen molar-refractivity contribution in [2.24, 2.45) is 4.99 Å². The zero-order valence-corrected chi connectivity index (χ0v) is 12.4. The van der Waals surface area contributed by atoms with Crippen LogP contribution in [0.15, 0.2) is 53.6 Å². The van der Waals surface area contributed by atoms with Gasteiger partial charge in [-0.15, -0.1) is 0 Å². The molecule has 0 N–H and O–H groups in total. The SMILES string of the molecule is CC(CC1(Br)C=CC(c2ccccc2)=CC1)N=C=O. The topological polar surface area (TPSA) is 29.4 Å². The zero-order valence-electron chi connectivity index (χ0n) is 10.8. The van der Waals surface area contributed by atoms with Gasteiger partial charge in [0.1, 0.15) is 0 Å². The molecule has 0 radical (unpaired) electrons. The van der Waals surface area contributed by atoms with Crippen LogP contribution in [-0.2, 0) is 4.79 Å². The highest BCUT2D eigenvalue weighted by molar-refractivity contribution is 9.10. The molecular formula is C16H16BrNO. The molecule has 0 saturated carbocycles. The summed E-state index contributed by atoms with van der Waals surface area (Å²) in [5.41, 5.74) is 2.47. The van der Waals surface area contributed by atoms with E-state index in [-0.39, 0.29) is 10.4 Å². The second-order valence-electron chi connectivity index (χ2n) is 4.87. The molecule has 0 bridgehead atoms. The van der Waals surface area contributed by atoms with Crippen LogP contribution in [0.1, 0.15) is 25.3 Å². The maximum absolute atomic E-state index is 10.3. The van der Waals surface area contributed by atoms with Gasteiger partial charge in [0.2, 0.25) is 6.08 Å². The van der Waals surface area contributed by atoms with E-state index in [1.165, 1.54) is 11.1 Å². The first-order valence-electron chi connectivity index (χ1n) is 6.34. The molecule has 2 unspecified atom stereocenters. The molecule has 0 heterocycles. The minimum absolute atomic E-state index is 0.0202. The Kier molecular flexibility index (Phi) is 4.52. The minimum Gasteiger partial charge on any atom is -0.211 e. The summed E-state index contributed by atoms with van der Waals surface area (Å²) in [6.45, 7) is 1.93. The molecule has 1 aliphatic carbocycles. The van der Waals surface area contributed by atoms with E-state index in [1.807, 2.05) is 25.1 Å². The second kappa shape index (κ2) is 6.14. The van der Waals surface area contributed by atoms with Crippen molar-refractivity contribution in [2.75, 3.05) is 0 Å². The molecule has 0 spiro atoms. The average Bonchev–Trinajstić information content (AvgIpc) is 2.40. The van der Waals surface area contributed by atoms with E-state index in [0.29, 0.717) is 0 Å². The number of allylic oxidation sites excluding steroid dienone is 4. The fourth-order valence-corrected chi connectivity index (χ4v) is 3.04. The van der Waals surface area contributed by atoms with Crippen LogP contribution in [0.3, 0.4) is 0 Å². The lowest BCUT2D eigenvalue weighted by Crippen LogP contribution is -2.23. The van der Waals surface area contributed by atoms with E-state index in [1.54, 1.807) is 6.08 Å². The van der Waals surface area contributed by atoms with Crippen molar-refractivity contribution in [2.45, 2.75) is 30.1 Å². The molecule has 3 heteroatoms. The zero-order chi connectivity index (χ0) is 13.7. The maximum Gasteiger partial charge on any atom is 0.235 e. The predicted octanol–water partition coefficient (Wildman–Crippen LogP) is 4.28. The summed E-state index contributed by atoms with van der Waals surface area (Å²) in [6.07, 6.45) is 9.82. The highest BCUT2D eigenvalue weighted by Gasteiger charge is 2.27. The summed E-state index contributed by atoms with van der Waals surface area (Å²) >= 11 is 3.75. The van der Waals surface area contributed by atoms with Crippen LogP contribution in [0.5, 0.6) is 0 Å². The number of hydrogen-bond donors (Lipinski definition) is 0. The monoisotopic (exact) mass is 317 g/mol. The normalized spacial score (nSPS) is 23.4. The van der Waals surface area contributed by atoms with Gasteiger partial charge in [-0.3, -0.25) is 0 Å². The minimum atomic E-state index is -0.106. The number of rotatable bonds is 4. The van der Waals surface area contributed by atoms with Crippen molar-refractivity contribution in [3.8, 4) is 0 Å². The smallest absolute Gasteiger partial charge is 0.211 e. The van der Waals surface area contributed by atoms with E-state index >= 15 is 0 Å². The lowest BCUT2D eigenvalue weighted by molar-refractivity contribution is 0.542. The molecule has 0 amide bonds. The highest BCUT2D eigenvalue weighted by atomic mass is 79.9. The summed E-state index contributed by atoms with van der Waals surface area (Å²) in [5, 5.41) is 0. The number of alkyl halides is 1. The fraction of sp³-hybridized carbons (Fsp3) is 0.312. The van der Waals surface area contributed by atoms with Gasteiger partial charge >= 0.3 is 0 Å². The van der Waals surface area contributed by atoms with Crippen LogP contribution in [-0.4, -0.2) is 16.4 Å². The first kappa shape index (κ1) is 14.0. The van der Waals surface area contributed by atoms with E-state index in [9.17, 15) is 4.79 Å². The molecule has 19 heavy (non-hydrogen) atoms. The first-order chi connectivity index (χ1) is 9.13. The Hall–Kier alpha value is -1.44. The van der Waals surface area contributed by atoms with Gasteiger partial charge < -0.3 is 0 Å². The van der Waals surface area contributed by atoms with Crippen LogP contribution < -0.4 is 0 Å². The van der Waals surface area contributed by atoms with Crippen LogP contribution in [0.2, 0.25) is 0 Å². The van der Waals surface area contributed by atoms with Gasteiger partial charge in [0.05, 0.1) is 6.04 Å². The first-order valence-corrected chi connectivity index (χ1v) is 7.13. The summed E-state index contributed by atoms with van der Waals surface area (Å²) in [6, 6.07) is 10.3. The van der Waals surface area contributed by atoms with Gasteiger partial charge in [0.15, 0.2) is 0 Å². The lowest BCUT2D eigenvalue weighted by atomic mass is 9.89. The molecule has 1 aliphatic rings. The number of aliphatic imine (C=N–C) groups is 1. The Bertz CT molecular complexity index is 543. The fourth-order valence-electron chi connectivity index (χ4n) is 2.28. The number of halogens is 1. The van der Waals surface area contributed by atoms with Crippen molar-refractivity contribution >= 4 is 27.6 Å². The Morgan fingerprint density at radius 2 is 2.16 bits per heavy atom. The molecule has 2 rings (SSSR count). The second-order valence-corrected chi connectivity index (χ2v) is 6.45. The molecule has 1 aromatic rings. The van der Waals surface area contributed by atoms with Crippen molar-refractivity contribution in [3.05, 3.63) is 54.1 Å². The van der Waals surface area contributed by atoms with Gasteiger partial charge in [-0.05, 0) is 30.9 Å². The Morgan fingerprint density at radius 3 is 2.74 bits per heavy atom. The Morgan fingerprint density at radius 1 is 1.42 bits per heavy atom. The molecule has 0 aliphatic heterocycles. The van der Waals surface area contributed by atoms with Gasteiger partial charge in [-0.1, -0.05) is 64.5 Å². The van der Waals surface area contributed by atoms with Crippen molar-refractivity contribution < 1.29 is 4.79 Å². The molecule has 98 valence electrons. The summed E-state index contributed by atoms with van der Waals surface area (Å²) < 4.78 is -0.106. The number of isocyanates is 1. The van der Waals surface area contributed by atoms with Crippen molar-refractivity contribution in [1.29, 1.82) is 0 Å². The number of hydrogen-bond acceptors (Lipinski definition) is 2. The molecule has 2 atom stereocenters. The third-order valence-electron chi connectivity index (χ3n) is 3.24. The summed E-state index contributed by atoms with van der Waals surface area (Å²) in [7, 11) is 0. The van der Waals surface area contributed by atoms with Gasteiger partial charge in [0.25, 0.3) is 0 Å². The van der Waals surface area contributed by atoms with Crippen molar-refractivity contribution in [3.63, 3.8) is 0 Å². The largest absolute Gasteiger partial charge is 0.235 e. The van der Waals surface area contributed by atoms with Crippen LogP contribution in [0.25, 0.3) is 5.57 Å². The Labute approximate surface area is 122 Å². The number of benzene rings is 1. The molecule has 0 fully saturated rings. The maximum atomic E-state index is 10.3. The van der Waals surface area contributed by atoms with Gasteiger partial charge in [-0.25, -0.2) is 9.79 Å². The quantitative estimate of drug-likeness (QED) is 0.463. The summed E-state index contributed by atoms with van der Waals surface area (Å²) in [5.74, 6) is 0. The van der Waals surface area contributed by atoms with E-state index < -0.39 is 0 Å². The van der Waals surface area contributed by atoms with Crippen molar-refractivity contribution in [1.82, 2.24) is 0 Å². The highest BCUT2D eigenvalue weighted by Crippen LogP contribution is 2.36. The lowest BCUT2D eigenvalue weighted by Gasteiger charge is -2.27. The standard InChI is InChI=1S/C16H16BrNO/c1-13(18-12-19)11-16(17)9-7-15(8-10-16)14-5-3-2-4-6-14/h2-9,13H,10-11H2,1H3. The van der Waals surface area contributed by atoms with E-state index in [2.05, 4.69) is 51.3 Å². The molecule has 0 aromatic heterocycles. The third kappa shape index (κ3) is 3.76. The van der Waals surface area contributed by atoms with E-state index in [4.69, 9.17) is 0 Å². The molecule has 1 aromatic carbocycles. The van der Waals surface area contributed by atoms with E-state index in [0.717, 1.165) is 12.8 Å². The molecule has 2 nitrogen and oxygen atoms in total. The number of carbonyl (C=O) groups excluding carboxylic acids is 1. The van der Waals surface area contributed by atoms with Crippen LogP contribution in [0.4, 0.5) is 0 Å². The van der Waals surface area contributed by atoms with Crippen LogP contribution in [0, 0.1) is 0 Å². The third-order valence-corrected chi connectivity index (χ3v) is 4.15. The Balaban J connectivity index is 2.08. The number of nitrogens with zero attached hydrogens (tertiary/aromatic N) is 1. The average molecular weight is 318 g/mol.